The summed E-state index contributed by atoms with van der Waals surface area (Å²) in [4.78, 5) is 115. The number of nitrogens with one attached hydrogen (secondary N) is 2. The molecule has 0 bridgehead atoms. The van der Waals surface area contributed by atoms with Gasteiger partial charge in [-0.2, -0.15) is 14.2 Å². The molecule has 10 rings (SSSR count). The fourth-order valence-corrected chi connectivity index (χ4v) is 8.48. The molecule has 4 aromatic heterocycles. The number of hydrogen-bond acceptors (Lipinski definition) is 32. The number of aromatic carboxylic acids is 8. The third-order valence-corrected chi connectivity index (χ3v) is 14.6. The number of nitrogens with zero attached hydrogens (tertiary/aromatic N) is 4. The lowest BCUT2D eigenvalue weighted by molar-refractivity contribution is -0.674. The molecule has 1 aliphatic carbocycles. The van der Waals surface area contributed by atoms with Crippen LogP contribution in [0.15, 0.2) is 145 Å². The van der Waals surface area contributed by atoms with Crippen LogP contribution in [-0.4, -0.2) is 187 Å². The third-order valence-electron chi connectivity index (χ3n) is 13.7. The molecule has 0 radical (unpaired) electrons. The first-order chi connectivity index (χ1) is 53.2. The van der Waals surface area contributed by atoms with E-state index in [9.17, 15) is 51.3 Å². The minimum Gasteiger partial charge on any atom is -0.744 e. The van der Waals surface area contributed by atoms with Gasteiger partial charge in [0.05, 0.1) is 57.6 Å². The third kappa shape index (κ3) is 42.2. The zero-order chi connectivity index (χ0) is 87.7. The van der Waals surface area contributed by atoms with Crippen molar-refractivity contribution < 1.29 is 141 Å². The van der Waals surface area contributed by atoms with Gasteiger partial charge in [-0.15, -0.1) is 6.42 Å². The number of phenolic OH excluding ortho intramolecular Hbond substituents is 2. The Labute approximate surface area is 648 Å². The van der Waals surface area contributed by atoms with Crippen molar-refractivity contribution in [1.29, 1.82) is 0 Å². The largest absolute Gasteiger partial charge is 0.744 e. The van der Waals surface area contributed by atoms with Gasteiger partial charge in [0.15, 0.2) is 6.20 Å². The number of aryl methyl sites for hydroxylation is 2. The molecule has 43 nitrogen and oxygen atoms in total. The van der Waals surface area contributed by atoms with Crippen molar-refractivity contribution in [3.63, 3.8) is 0 Å². The van der Waals surface area contributed by atoms with E-state index in [2.05, 4.69) is 27.0 Å². The minimum atomic E-state index is -5.03. The van der Waals surface area contributed by atoms with Crippen LogP contribution >= 0.6 is 0 Å². The first-order valence-corrected chi connectivity index (χ1v) is 33.3. The second-order valence-electron chi connectivity index (χ2n) is 22.3. The van der Waals surface area contributed by atoms with Crippen molar-refractivity contribution in [2.75, 3.05) is 60.6 Å². The van der Waals surface area contributed by atoms with Crippen LogP contribution in [0.2, 0.25) is 0 Å². The van der Waals surface area contributed by atoms with Crippen LogP contribution in [0, 0.1) is 12.3 Å². The Hall–Kier alpha value is -14.7. The molecule has 0 amide bonds. The molecule has 35 N–H and O–H groups in total. The highest BCUT2D eigenvalue weighted by Gasteiger charge is 2.21. The number of aliphatic carboxylic acids is 1. The molecule has 1 saturated heterocycles. The summed E-state index contributed by atoms with van der Waals surface area (Å²) in [6, 6.07) is 26.6. The molecular formula is C70H87N16O27S+. The SMILES string of the molecule is C#CC(=O)O.C1CNCCN1.C[n+]1cc(C(=O)O)ccc1C(=O)O.C[n+]1cc(N)ccc1N.NC1CCC(N)CC1.NCc1ccc(CN)cc1.Nc1cc(O)c(N)cc1O.Nc1ccc(N)nc1.O=C(O)c1cc(O)c(C(=O)O)cc1O.O=C(O)c1ccc(C(=O)O)c(S(=O)(=O)[O-])c1.O=C(O)c1ccc(C(=O)O)nc1.O=C=O. The molecule has 1 saturated carbocycles. The van der Waals surface area contributed by atoms with Crippen LogP contribution in [-0.2, 0) is 51.7 Å². The summed E-state index contributed by atoms with van der Waals surface area (Å²) in [5.41, 5.74) is 55.6. The highest BCUT2D eigenvalue weighted by Crippen LogP contribution is 2.31. The summed E-state index contributed by atoms with van der Waals surface area (Å²) in [6.07, 6.45) is 14.6. The molecule has 2 aliphatic rings. The Bertz CT molecular complexity index is 4500. The number of pyridine rings is 4. The van der Waals surface area contributed by atoms with Crippen molar-refractivity contribution >= 4 is 104 Å². The maximum atomic E-state index is 10.7. The van der Waals surface area contributed by atoms with Gasteiger partial charge in [0.1, 0.15) is 74.6 Å². The number of carboxylic acids is 9. The van der Waals surface area contributed by atoms with Crippen LogP contribution in [0.4, 0.5) is 34.4 Å². The van der Waals surface area contributed by atoms with Gasteiger partial charge >= 0.3 is 59.9 Å². The average molecular weight is 1620 g/mol. The molecule has 0 unspecified atom stereocenters. The van der Waals surface area contributed by atoms with E-state index in [1.165, 1.54) is 60.3 Å². The molecule has 0 atom stereocenters. The Morgan fingerprint density at radius 1 is 0.482 bits per heavy atom. The van der Waals surface area contributed by atoms with Crippen molar-refractivity contribution in [1.82, 2.24) is 20.6 Å². The van der Waals surface area contributed by atoms with Gasteiger partial charge < -0.3 is 133 Å². The normalized spacial score (nSPS) is 12.3. The van der Waals surface area contributed by atoms with Gasteiger partial charge in [0, 0.05) is 87.7 Å². The average Bonchev–Trinajstić information content (AvgIpc) is 0.808. The Morgan fingerprint density at radius 2 is 0.886 bits per heavy atom. The van der Waals surface area contributed by atoms with E-state index in [-0.39, 0.29) is 51.5 Å². The zero-order valence-electron chi connectivity index (χ0n) is 60.6. The fraction of sp³-hybridized carbons (Fsp3) is 0.200. The van der Waals surface area contributed by atoms with E-state index in [0.717, 1.165) is 93.1 Å². The molecule has 614 valence electrons. The summed E-state index contributed by atoms with van der Waals surface area (Å²) in [5, 5.41) is 118. The van der Waals surface area contributed by atoms with Crippen LogP contribution in [0.3, 0.4) is 0 Å². The van der Waals surface area contributed by atoms with Gasteiger partial charge in [0.25, 0.3) is 11.5 Å². The molecule has 1 aliphatic heterocycles. The van der Waals surface area contributed by atoms with E-state index >= 15 is 0 Å². The maximum absolute atomic E-state index is 10.7. The van der Waals surface area contributed by atoms with Crippen LogP contribution in [0.1, 0.15) is 120 Å². The zero-order valence-corrected chi connectivity index (χ0v) is 61.4. The Balaban J connectivity index is 0. The summed E-state index contributed by atoms with van der Waals surface area (Å²) < 4.78 is 35.2. The van der Waals surface area contributed by atoms with E-state index in [4.69, 9.17) is 138 Å². The first kappa shape index (κ1) is 101. The van der Waals surface area contributed by atoms with Gasteiger partial charge in [-0.25, -0.2) is 66.1 Å². The van der Waals surface area contributed by atoms with E-state index in [1.54, 1.807) is 35.0 Å². The quantitative estimate of drug-likeness (QED) is 0.0205. The molecule has 4 aromatic carbocycles. The number of aromatic nitrogens is 4. The Morgan fingerprint density at radius 3 is 1.18 bits per heavy atom. The first-order valence-electron chi connectivity index (χ1n) is 31.9. The smallest absolute Gasteiger partial charge is 0.401 e. The number of carbonyl (C=O) groups excluding carboxylic acids is 2. The second kappa shape index (κ2) is 53.2. The van der Waals surface area contributed by atoms with Crippen LogP contribution in [0.25, 0.3) is 0 Å². The molecule has 44 heteroatoms. The van der Waals surface area contributed by atoms with Crippen molar-refractivity contribution in [3.05, 3.63) is 196 Å². The molecule has 5 heterocycles. The predicted molar refractivity (Wildman–Crippen MR) is 404 cm³/mol. The number of nitrogen functional groups attached to an aromatic ring is 6. The van der Waals surface area contributed by atoms with Gasteiger partial charge in [-0.1, -0.05) is 24.3 Å². The topological polar surface area (TPSA) is 826 Å². The molecule has 114 heavy (non-hydrogen) atoms. The Kier molecular flexibility index (Phi) is 47.3. The summed E-state index contributed by atoms with van der Waals surface area (Å²) in [6.45, 7) is 5.76. The van der Waals surface area contributed by atoms with E-state index in [0.29, 0.717) is 60.7 Å². The molecule has 8 aromatic rings. The lowest BCUT2D eigenvalue weighted by atomic mass is 9.93. The number of benzene rings is 4. The number of anilines is 6. The lowest BCUT2D eigenvalue weighted by Gasteiger charge is -2.22. The van der Waals surface area contributed by atoms with Crippen molar-refractivity contribution in [3.8, 4) is 35.3 Å². The van der Waals surface area contributed by atoms with E-state index in [1.807, 2.05) is 31.3 Å². The summed E-state index contributed by atoms with van der Waals surface area (Å²) in [7, 11) is -1.69. The highest BCUT2D eigenvalue weighted by atomic mass is 32.2. The number of aromatic hydroxyl groups is 4. The lowest BCUT2D eigenvalue weighted by Crippen LogP contribution is -2.39. The predicted octanol–water partition coefficient (Wildman–Crippen LogP) is 0.169. The standard InChI is InChI=1S/C8H12N2.C8H7NO4.C8H6O7S.C8H6O6.C7H5NO4.C6H9N3.C6H8N2O2.C6H14N2.C5H7N3.C4H10N2.C3H2O2.CO2/c9-5-7-1-2-8(6-10)4-3-7;1-9-4-5(7(10)11)2-3-6(9)8(12)13;9-7(10)4-1-2-5(8(11)12)6(3-4)16(13,14)15;9-5-1-3(7(11)12)6(10)2-4(5)8(13)14;9-6(10)4-1-2-5(7(11)12)8-3-4;1-9-4-5(7)2-3-6(9)8;7-3-1-5(9)4(8)2-6(3)10;7-5-1-2-6(8)4-3-5;6-4-1-2-5(7)8-3-4;1-2-6-4-3-5-1;1-2-3(4)5;2-1-3/h1-4H,5-6,9-10H2;2-4H,1H3,(H-,10,11,12,13);1-3H,(H,9,10)(H,11,12)(H,13,14,15);1-2,9-10H,(H,11,12)(H,13,14);1-3H,(H,9,10)(H,11,12);2-4,8H,7H2,1H3;1-2,9-10H,7-8H2;5-6H,1-4,7-8H2;1-3H,6H2,(H2,7,8);5-6H,1-4H2;1H,(H,4,5);/p+1. The second-order valence-corrected chi connectivity index (χ2v) is 23.6. The number of phenols is 4. The monoisotopic (exact) mass is 1620 g/mol. The number of carboxylic acid groups (broad SMARTS) is 9. The summed E-state index contributed by atoms with van der Waals surface area (Å²) >= 11 is 0. The summed E-state index contributed by atoms with van der Waals surface area (Å²) in [5.74, 6) is -10.6. The number of carbonyl (C=O) groups is 9. The molecule has 0 spiro atoms. The fourth-order valence-electron chi connectivity index (χ4n) is 7.79. The van der Waals surface area contributed by atoms with Crippen LogP contribution < -0.4 is 77.1 Å². The van der Waals surface area contributed by atoms with E-state index < -0.39 is 102 Å². The number of hydrogen-bond donors (Lipinski definition) is 25. The van der Waals surface area contributed by atoms with Gasteiger partial charge in [0.2, 0.25) is 0 Å². The van der Waals surface area contributed by atoms with Crippen LogP contribution in [0.5, 0.6) is 23.0 Å². The maximum Gasteiger partial charge on any atom is 0.401 e. The van der Waals surface area contributed by atoms with Crippen molar-refractivity contribution in [2.24, 2.45) is 37.0 Å². The number of terminal acetylenes is 1. The van der Waals surface area contributed by atoms with Gasteiger partial charge in [-0.3, -0.25) is 5.73 Å². The van der Waals surface area contributed by atoms with Crippen molar-refractivity contribution in [2.45, 2.75) is 55.8 Å². The molecular weight excluding hydrogens is 1530 g/mol. The number of nitrogens with two attached hydrogens (primary N) is 10. The number of piperazine rings is 1. The number of rotatable bonds is 11. The highest BCUT2D eigenvalue weighted by molar-refractivity contribution is 7.85. The molecule has 2 fully saturated rings. The minimum absolute atomic E-state index is 0.0278. The van der Waals surface area contributed by atoms with Gasteiger partial charge in [-0.05, 0) is 104 Å².